The van der Waals surface area contributed by atoms with E-state index in [0.717, 1.165) is 69.3 Å². The van der Waals surface area contributed by atoms with Gasteiger partial charge in [0.1, 0.15) is 45.8 Å². The number of β-lactam (4-membered cyclic amide) rings is 1. The number of fused-ring (bicyclic) bond motifs is 5. The maximum Gasteiger partial charge on any atom is 0.272 e. The first-order valence-electron chi connectivity index (χ1n) is 14.0. The highest BCUT2D eigenvalue weighted by molar-refractivity contribution is 8.01. The van der Waals surface area contributed by atoms with E-state index in [-0.39, 0.29) is 29.9 Å². The highest BCUT2D eigenvalue weighted by Gasteiger charge is 2.58. The Morgan fingerprint density at radius 3 is 2.52 bits per heavy atom. The summed E-state index contributed by atoms with van der Waals surface area (Å²) < 4.78 is 3.89. The molecule has 4 saturated heterocycles. The van der Waals surface area contributed by atoms with Gasteiger partial charge in [0.15, 0.2) is 10.9 Å². The summed E-state index contributed by atoms with van der Waals surface area (Å²) in [5.74, 6) is 3.55. The van der Waals surface area contributed by atoms with Crippen LogP contribution in [0, 0.1) is 23.7 Å². The predicted molar refractivity (Wildman–Crippen MR) is 153 cm³/mol. The number of primary amides is 1. The third-order valence-electron chi connectivity index (χ3n) is 9.44. The lowest BCUT2D eigenvalue weighted by Gasteiger charge is -2.55. The molecule has 1 aromatic carbocycles. The molecule has 7 rings (SSSR count). The second-order valence-corrected chi connectivity index (χ2v) is 14.2. The largest absolute Gasteiger partial charge is 1.00 e. The number of aliphatic hydroxyl groups is 1. The summed E-state index contributed by atoms with van der Waals surface area (Å²) in [5.41, 5.74) is 7.96. The fourth-order valence-corrected chi connectivity index (χ4v) is 8.98. The molecule has 1 aromatic heterocycles. The van der Waals surface area contributed by atoms with Crippen LogP contribution in [0.25, 0.3) is 10.2 Å². The van der Waals surface area contributed by atoms with Gasteiger partial charge in [-0.05, 0) is 19.1 Å². The SMILES string of the molecule is C[C@@H](O)[C@H]1C(=O)N2C(C(=O)[O-])=C(C#CCSc3nc4cc(C[N+]56CC[N+](CC(N)=O)(CC5)CC6)ccc4s3)[C@H](C)[C@H]12.[Cl-]. The fraction of sp³-hybridized carbons (Fsp3) is 0.517. The molecule has 10 nitrogen and oxygen atoms in total. The van der Waals surface area contributed by atoms with Gasteiger partial charge in [0.2, 0.25) is 5.91 Å². The molecule has 224 valence electrons. The van der Waals surface area contributed by atoms with Crippen LogP contribution in [0.2, 0.25) is 0 Å². The van der Waals surface area contributed by atoms with Crippen molar-refractivity contribution in [3.05, 3.63) is 35.0 Å². The summed E-state index contributed by atoms with van der Waals surface area (Å²) >= 11 is 3.11. The molecule has 0 spiro atoms. The number of thiazole rings is 1. The molecule has 4 atom stereocenters. The van der Waals surface area contributed by atoms with E-state index in [0.29, 0.717) is 17.9 Å². The first-order chi connectivity index (χ1) is 19.5. The first-order valence-corrected chi connectivity index (χ1v) is 15.8. The standard InChI is InChI=1S/C29H33N5O5S2.ClH/c1-17-20(26(28(38)39)32-25(17)24(18(2)35)27(32)37)4-3-13-40-29-31-21-14-19(5-6-22(21)41-29)15-33-7-10-34(11-8-33,12-9-33)16-23(30)36;/h5-6,14,17-18,24-25,35H,7-13,15-16H2,1-2H3,(H-2,30,36,38,39);1H/t17-,18+,24+,25+,33?,34?;/m0./s1. The van der Waals surface area contributed by atoms with E-state index >= 15 is 0 Å². The van der Waals surface area contributed by atoms with E-state index in [1.165, 1.54) is 22.2 Å². The third kappa shape index (κ3) is 5.31. The highest BCUT2D eigenvalue weighted by atomic mass is 35.5. The Bertz CT molecular complexity index is 1520. The summed E-state index contributed by atoms with van der Waals surface area (Å²) in [6.07, 6.45) is -0.854. The maximum absolute atomic E-state index is 12.5. The van der Waals surface area contributed by atoms with Crippen molar-refractivity contribution in [3.8, 4) is 11.8 Å². The van der Waals surface area contributed by atoms with Crippen molar-refractivity contribution in [2.75, 3.05) is 51.6 Å². The van der Waals surface area contributed by atoms with Crippen LogP contribution in [0.5, 0.6) is 0 Å². The Morgan fingerprint density at radius 2 is 1.90 bits per heavy atom. The molecule has 2 aromatic rings. The van der Waals surface area contributed by atoms with Gasteiger partial charge < -0.3 is 47.0 Å². The number of aromatic nitrogens is 1. The number of benzene rings is 1. The summed E-state index contributed by atoms with van der Waals surface area (Å²) in [6, 6.07) is 6.11. The zero-order chi connectivity index (χ0) is 29.1. The zero-order valence-corrected chi connectivity index (χ0v) is 25.9. The number of aliphatic carboxylic acids is 1. The minimum absolute atomic E-state index is 0. The van der Waals surface area contributed by atoms with E-state index < -0.39 is 29.9 Å². The van der Waals surface area contributed by atoms with Gasteiger partial charge >= 0.3 is 0 Å². The molecular formula is C29H34ClN5O5S2. The number of piperazine rings is 3. The first kappa shape index (κ1) is 30.8. The average Bonchev–Trinajstić information content (AvgIpc) is 3.43. The molecule has 42 heavy (non-hydrogen) atoms. The summed E-state index contributed by atoms with van der Waals surface area (Å²) in [7, 11) is 0. The number of nitrogens with two attached hydrogens (primary N) is 1. The number of carbonyl (C=O) groups is 3. The molecule has 6 heterocycles. The van der Waals surface area contributed by atoms with Gasteiger partial charge in [0.25, 0.3) is 5.91 Å². The van der Waals surface area contributed by atoms with Crippen LogP contribution in [-0.2, 0) is 20.9 Å². The van der Waals surface area contributed by atoms with E-state index in [1.807, 2.05) is 6.92 Å². The number of quaternary nitrogens is 2. The van der Waals surface area contributed by atoms with Crippen LogP contribution < -0.4 is 23.2 Å². The lowest BCUT2D eigenvalue weighted by molar-refractivity contribution is -1.08. The number of hydrogen-bond acceptors (Lipinski definition) is 8. The maximum atomic E-state index is 12.5. The van der Waals surface area contributed by atoms with Crippen molar-refractivity contribution in [1.29, 1.82) is 0 Å². The Morgan fingerprint density at radius 1 is 1.24 bits per heavy atom. The molecule has 0 aliphatic carbocycles. The minimum Gasteiger partial charge on any atom is -1.00 e. The Hall–Kier alpha value is -2.66. The molecule has 0 saturated carbocycles. The number of carboxylic acid groups (broad SMARTS) is 1. The van der Waals surface area contributed by atoms with E-state index in [4.69, 9.17) is 10.7 Å². The number of nitrogens with zero attached hydrogens (tertiary/aromatic N) is 4. The second kappa shape index (κ2) is 11.4. The lowest BCUT2D eigenvalue weighted by atomic mass is 9.78. The van der Waals surface area contributed by atoms with Gasteiger partial charge in [-0.2, -0.15) is 0 Å². The van der Waals surface area contributed by atoms with Gasteiger partial charge in [0.05, 0.1) is 45.7 Å². The van der Waals surface area contributed by atoms with Gasteiger partial charge in [-0.1, -0.05) is 36.6 Å². The third-order valence-corrected chi connectivity index (χ3v) is 11.5. The lowest BCUT2D eigenvalue weighted by Crippen LogP contribution is -3.00. The Kier molecular flexibility index (Phi) is 8.39. The molecule has 2 bridgehead atoms. The molecule has 3 N–H and O–H groups in total. The van der Waals surface area contributed by atoms with Gasteiger partial charge in [-0.3, -0.25) is 9.59 Å². The average molecular weight is 632 g/mol. The highest BCUT2D eigenvalue weighted by Crippen LogP contribution is 2.46. The summed E-state index contributed by atoms with van der Waals surface area (Å²) in [5, 5.41) is 21.8. The van der Waals surface area contributed by atoms with Crippen LogP contribution in [-0.4, -0.2) is 105 Å². The summed E-state index contributed by atoms with van der Waals surface area (Å²) in [6.45, 7) is 11.0. The molecule has 0 radical (unpaired) electrons. The molecule has 13 heteroatoms. The Balaban J connectivity index is 0.00000353. The van der Waals surface area contributed by atoms with Crippen molar-refractivity contribution in [3.63, 3.8) is 0 Å². The van der Waals surface area contributed by atoms with Gasteiger partial charge in [-0.15, -0.1) is 11.3 Å². The van der Waals surface area contributed by atoms with Crippen molar-refractivity contribution < 1.29 is 46.0 Å². The number of carboxylic acids is 1. The van der Waals surface area contributed by atoms with Crippen molar-refractivity contribution in [1.82, 2.24) is 9.88 Å². The topological polar surface area (TPSA) is 137 Å². The zero-order valence-electron chi connectivity index (χ0n) is 23.5. The fourth-order valence-electron chi connectivity index (χ4n) is 7.19. The van der Waals surface area contributed by atoms with Crippen molar-refractivity contribution in [2.45, 2.75) is 36.9 Å². The minimum atomic E-state index is -1.42. The number of aliphatic hydroxyl groups excluding tert-OH is 1. The van der Waals surface area contributed by atoms with Crippen LogP contribution >= 0.6 is 23.1 Å². The molecular weight excluding hydrogens is 598 g/mol. The second-order valence-electron chi connectivity index (χ2n) is 12.0. The van der Waals surface area contributed by atoms with Crippen LogP contribution in [0.1, 0.15) is 19.4 Å². The van der Waals surface area contributed by atoms with Crippen LogP contribution in [0.3, 0.4) is 0 Å². The predicted octanol–water partition coefficient (Wildman–Crippen LogP) is -3.10. The Labute approximate surface area is 259 Å². The molecule has 2 amide bonds. The smallest absolute Gasteiger partial charge is 0.272 e. The van der Waals surface area contributed by atoms with E-state index in [9.17, 15) is 24.6 Å². The number of rotatable bonds is 8. The van der Waals surface area contributed by atoms with Crippen molar-refractivity contribution >= 4 is 51.1 Å². The molecule has 5 aliphatic heterocycles. The van der Waals surface area contributed by atoms with Crippen LogP contribution in [0.4, 0.5) is 0 Å². The number of amides is 2. The van der Waals surface area contributed by atoms with E-state index in [2.05, 4.69) is 30.0 Å². The van der Waals surface area contributed by atoms with Gasteiger partial charge in [-0.25, -0.2) is 4.98 Å². The number of thioether (sulfide) groups is 1. The van der Waals surface area contributed by atoms with Crippen LogP contribution in [0.15, 0.2) is 33.8 Å². The number of halogens is 1. The van der Waals surface area contributed by atoms with E-state index in [1.54, 1.807) is 18.3 Å². The summed E-state index contributed by atoms with van der Waals surface area (Å²) in [4.78, 5) is 41.9. The molecule has 0 unspecified atom stereocenters. The monoisotopic (exact) mass is 631 g/mol. The number of carbonyl (C=O) groups excluding carboxylic acids is 3. The quantitative estimate of drug-likeness (QED) is 0.136. The van der Waals surface area contributed by atoms with Gasteiger partial charge in [0, 0.05) is 17.1 Å². The molecule has 4 fully saturated rings. The number of hydrogen-bond donors (Lipinski definition) is 2. The van der Waals surface area contributed by atoms with Crippen molar-refractivity contribution in [2.24, 2.45) is 17.6 Å². The normalized spacial score (nSPS) is 30.3. The molecule has 5 aliphatic rings.